The fourth-order valence-corrected chi connectivity index (χ4v) is 2.40. The molecule has 2 rings (SSSR count). The van der Waals surface area contributed by atoms with E-state index in [1.807, 2.05) is 4.90 Å². The van der Waals surface area contributed by atoms with Crippen molar-refractivity contribution in [1.82, 2.24) is 14.7 Å². The Morgan fingerprint density at radius 3 is 3.00 bits per heavy atom. The van der Waals surface area contributed by atoms with Gasteiger partial charge in [0.05, 0.1) is 12.6 Å². The molecule has 0 bridgehead atoms. The second kappa shape index (κ2) is 7.10. The summed E-state index contributed by atoms with van der Waals surface area (Å²) >= 11 is 0. The van der Waals surface area contributed by atoms with Crippen molar-refractivity contribution in [3.63, 3.8) is 0 Å². The van der Waals surface area contributed by atoms with Crippen LogP contribution in [-0.2, 0) is 9.53 Å². The van der Waals surface area contributed by atoms with Crippen molar-refractivity contribution in [3.05, 3.63) is 12.3 Å². The summed E-state index contributed by atoms with van der Waals surface area (Å²) in [4.78, 5) is 13.0. The molecule has 1 aliphatic heterocycles. The summed E-state index contributed by atoms with van der Waals surface area (Å²) in [5.41, 5.74) is 0. The molecule has 22 heavy (non-hydrogen) atoms. The quantitative estimate of drug-likeness (QED) is 0.810. The molecule has 124 valence electrons. The van der Waals surface area contributed by atoms with Gasteiger partial charge in [0.15, 0.2) is 5.82 Å². The van der Waals surface area contributed by atoms with E-state index in [2.05, 4.69) is 15.2 Å². The number of anilines is 1. The van der Waals surface area contributed by atoms with Gasteiger partial charge in [-0.15, -0.1) is 0 Å². The highest BCUT2D eigenvalue weighted by atomic mass is 19.4. The van der Waals surface area contributed by atoms with Gasteiger partial charge >= 0.3 is 6.18 Å². The number of carbonyl (C=O) groups is 1. The highest BCUT2D eigenvalue weighted by molar-refractivity contribution is 5.87. The second-order valence-electron chi connectivity index (χ2n) is 5.27. The number of likely N-dealkylation sites (tertiary alicyclic amines) is 1. The van der Waals surface area contributed by atoms with Crippen molar-refractivity contribution in [2.75, 3.05) is 38.2 Å². The van der Waals surface area contributed by atoms with Crippen LogP contribution in [0, 0.1) is 0 Å². The molecule has 0 aromatic carbocycles. The van der Waals surface area contributed by atoms with Gasteiger partial charge in [-0.3, -0.25) is 14.4 Å². The summed E-state index contributed by atoms with van der Waals surface area (Å²) in [6.45, 7) is 2.22. The summed E-state index contributed by atoms with van der Waals surface area (Å²) in [7, 11) is 0. The molecule has 0 spiro atoms. The van der Waals surface area contributed by atoms with E-state index in [0.29, 0.717) is 18.9 Å². The third kappa shape index (κ3) is 5.30. The number of rotatable bonds is 6. The van der Waals surface area contributed by atoms with Gasteiger partial charge in [0.25, 0.3) is 0 Å². The molecule has 0 aliphatic carbocycles. The SMILES string of the molecule is CC(=O)Nc1ccn(C2CCN(CCOCC(F)(F)F)C2)n1. The lowest BCUT2D eigenvalue weighted by Gasteiger charge is -2.16. The molecule has 1 aromatic rings. The highest BCUT2D eigenvalue weighted by Gasteiger charge is 2.28. The van der Waals surface area contributed by atoms with Gasteiger partial charge in [-0.05, 0) is 6.42 Å². The third-order valence-corrected chi connectivity index (χ3v) is 3.35. The van der Waals surface area contributed by atoms with Gasteiger partial charge in [-0.1, -0.05) is 0 Å². The van der Waals surface area contributed by atoms with Crippen molar-refractivity contribution < 1.29 is 22.7 Å². The van der Waals surface area contributed by atoms with E-state index < -0.39 is 12.8 Å². The minimum absolute atomic E-state index is 0.0580. The van der Waals surface area contributed by atoms with Crippen LogP contribution in [0.5, 0.6) is 0 Å². The van der Waals surface area contributed by atoms with Crippen LogP contribution >= 0.6 is 0 Å². The molecule has 1 amide bonds. The molecule has 2 heterocycles. The Morgan fingerprint density at radius 1 is 1.55 bits per heavy atom. The number of hydrogen-bond acceptors (Lipinski definition) is 4. The lowest BCUT2D eigenvalue weighted by Crippen LogP contribution is -2.27. The van der Waals surface area contributed by atoms with E-state index in [9.17, 15) is 18.0 Å². The average molecular weight is 320 g/mol. The Morgan fingerprint density at radius 2 is 2.32 bits per heavy atom. The molecule has 1 N–H and O–H groups in total. The number of aromatic nitrogens is 2. The van der Waals surface area contributed by atoms with Crippen LogP contribution in [-0.4, -0.2) is 59.6 Å². The number of ether oxygens (including phenoxy) is 1. The topological polar surface area (TPSA) is 59.4 Å². The second-order valence-corrected chi connectivity index (χ2v) is 5.27. The summed E-state index contributed by atoms with van der Waals surface area (Å²) in [6.07, 6.45) is -1.62. The summed E-state index contributed by atoms with van der Waals surface area (Å²) in [6, 6.07) is 1.88. The van der Waals surface area contributed by atoms with Gasteiger partial charge in [0, 0.05) is 38.8 Å². The largest absolute Gasteiger partial charge is 0.411 e. The number of carbonyl (C=O) groups excluding carboxylic acids is 1. The molecule has 1 aliphatic rings. The first-order valence-corrected chi connectivity index (χ1v) is 7.03. The normalized spacial score (nSPS) is 19.5. The van der Waals surface area contributed by atoms with Gasteiger partial charge in [0.1, 0.15) is 6.61 Å². The summed E-state index contributed by atoms with van der Waals surface area (Å²) < 4.78 is 42.2. The number of halogens is 3. The Balaban J connectivity index is 1.73. The zero-order valence-corrected chi connectivity index (χ0v) is 12.3. The standard InChI is InChI=1S/C13H19F3N4O2/c1-10(21)17-12-3-5-20(18-12)11-2-4-19(8-11)6-7-22-9-13(14,15)16/h3,5,11H,2,4,6-9H2,1H3,(H,17,18,21). The number of hydrogen-bond donors (Lipinski definition) is 1. The first kappa shape index (κ1) is 16.8. The molecule has 9 heteroatoms. The maximum Gasteiger partial charge on any atom is 0.411 e. The van der Waals surface area contributed by atoms with E-state index in [1.165, 1.54) is 6.92 Å². The van der Waals surface area contributed by atoms with Crippen LogP contribution in [0.1, 0.15) is 19.4 Å². The molecule has 1 unspecified atom stereocenters. The Labute approximate surface area is 126 Å². The van der Waals surface area contributed by atoms with Gasteiger partial charge < -0.3 is 10.1 Å². The third-order valence-electron chi connectivity index (χ3n) is 3.35. The fourth-order valence-electron chi connectivity index (χ4n) is 2.40. The maximum atomic E-state index is 12.0. The molecular formula is C13H19F3N4O2. The molecule has 1 aromatic heterocycles. The van der Waals surface area contributed by atoms with Crippen LogP contribution in [0.3, 0.4) is 0 Å². The molecule has 1 saturated heterocycles. The number of alkyl halides is 3. The summed E-state index contributed by atoms with van der Waals surface area (Å²) in [5, 5.41) is 6.88. The van der Waals surface area contributed by atoms with Gasteiger partial charge in [-0.25, -0.2) is 0 Å². The number of amides is 1. The highest BCUT2D eigenvalue weighted by Crippen LogP contribution is 2.21. The van der Waals surface area contributed by atoms with Gasteiger partial charge in [0.2, 0.25) is 5.91 Å². The molecule has 0 saturated carbocycles. The summed E-state index contributed by atoms with van der Waals surface area (Å²) in [5.74, 6) is 0.319. The Kier molecular flexibility index (Phi) is 5.41. The minimum atomic E-state index is -4.28. The smallest absolute Gasteiger partial charge is 0.371 e. The van der Waals surface area contributed by atoms with Crippen molar-refractivity contribution >= 4 is 11.7 Å². The minimum Gasteiger partial charge on any atom is -0.371 e. The number of nitrogens with one attached hydrogen (secondary N) is 1. The van der Waals surface area contributed by atoms with Crippen LogP contribution in [0.15, 0.2) is 12.3 Å². The first-order valence-electron chi connectivity index (χ1n) is 7.03. The van der Waals surface area contributed by atoms with E-state index in [0.717, 1.165) is 13.0 Å². The predicted molar refractivity (Wildman–Crippen MR) is 73.5 cm³/mol. The average Bonchev–Trinajstić information content (AvgIpc) is 3.01. The zero-order valence-electron chi connectivity index (χ0n) is 12.3. The monoisotopic (exact) mass is 320 g/mol. The van der Waals surface area contributed by atoms with Crippen molar-refractivity contribution in [2.45, 2.75) is 25.6 Å². The van der Waals surface area contributed by atoms with Crippen LogP contribution in [0.2, 0.25) is 0 Å². The lowest BCUT2D eigenvalue weighted by molar-refractivity contribution is -0.174. The van der Waals surface area contributed by atoms with E-state index in [-0.39, 0.29) is 18.6 Å². The Hall–Kier alpha value is -1.61. The first-order chi connectivity index (χ1) is 10.3. The zero-order chi connectivity index (χ0) is 16.2. The predicted octanol–water partition coefficient (Wildman–Crippen LogP) is 1.67. The van der Waals surface area contributed by atoms with Crippen LogP contribution < -0.4 is 5.32 Å². The van der Waals surface area contributed by atoms with Crippen molar-refractivity contribution in [3.8, 4) is 0 Å². The van der Waals surface area contributed by atoms with Crippen molar-refractivity contribution in [1.29, 1.82) is 0 Å². The van der Waals surface area contributed by atoms with Crippen molar-refractivity contribution in [2.24, 2.45) is 0 Å². The van der Waals surface area contributed by atoms with E-state index in [4.69, 9.17) is 0 Å². The molecule has 1 fully saturated rings. The van der Waals surface area contributed by atoms with E-state index in [1.54, 1.807) is 16.9 Å². The van der Waals surface area contributed by atoms with Crippen LogP contribution in [0.25, 0.3) is 0 Å². The fraction of sp³-hybridized carbons (Fsp3) is 0.692. The number of nitrogens with zero attached hydrogens (tertiary/aromatic N) is 3. The molecule has 1 atom stereocenters. The molecular weight excluding hydrogens is 301 g/mol. The maximum absolute atomic E-state index is 12.0. The van der Waals surface area contributed by atoms with Gasteiger partial charge in [-0.2, -0.15) is 18.3 Å². The van der Waals surface area contributed by atoms with E-state index >= 15 is 0 Å². The lowest BCUT2D eigenvalue weighted by atomic mass is 10.3. The molecule has 6 nitrogen and oxygen atoms in total. The molecule has 0 radical (unpaired) electrons. The van der Waals surface area contributed by atoms with Crippen LogP contribution in [0.4, 0.5) is 19.0 Å². The Bertz CT molecular complexity index is 504.